The van der Waals surface area contributed by atoms with E-state index in [0.29, 0.717) is 5.02 Å². The maximum absolute atomic E-state index is 12.5. The second-order valence-electron chi connectivity index (χ2n) is 6.89. The third kappa shape index (κ3) is 4.53. The van der Waals surface area contributed by atoms with Crippen molar-refractivity contribution in [1.82, 2.24) is 9.71 Å². The van der Waals surface area contributed by atoms with Gasteiger partial charge >= 0.3 is 0 Å². The zero-order valence-electron chi connectivity index (χ0n) is 14.6. The van der Waals surface area contributed by atoms with Crippen LogP contribution in [-0.2, 0) is 22.0 Å². The predicted octanol–water partition coefficient (Wildman–Crippen LogP) is 5.30. The molecule has 0 amide bonds. The van der Waals surface area contributed by atoms with E-state index in [1.54, 1.807) is 30.3 Å². The van der Waals surface area contributed by atoms with Gasteiger partial charge in [-0.3, -0.25) is 0 Å². The van der Waals surface area contributed by atoms with Crippen LogP contribution in [0.25, 0.3) is 10.6 Å². The van der Waals surface area contributed by atoms with Crippen molar-refractivity contribution >= 4 is 44.3 Å². The molecule has 3 rings (SSSR count). The fourth-order valence-electron chi connectivity index (χ4n) is 2.17. The number of benzene rings is 1. The van der Waals surface area contributed by atoms with Gasteiger partial charge in [0.05, 0.1) is 5.69 Å². The molecule has 0 aliphatic heterocycles. The van der Waals surface area contributed by atoms with Gasteiger partial charge in [0.15, 0.2) is 0 Å². The molecule has 138 valence electrons. The van der Waals surface area contributed by atoms with Crippen molar-refractivity contribution in [2.75, 3.05) is 0 Å². The van der Waals surface area contributed by atoms with Crippen LogP contribution in [0.4, 0.5) is 0 Å². The lowest BCUT2D eigenvalue weighted by molar-refractivity contribution is 0.573. The van der Waals surface area contributed by atoms with Gasteiger partial charge in [0.25, 0.3) is 0 Å². The number of nitrogens with one attached hydrogen (secondary N) is 1. The lowest BCUT2D eigenvalue weighted by Crippen LogP contribution is -2.22. The van der Waals surface area contributed by atoms with E-state index < -0.39 is 10.0 Å². The van der Waals surface area contributed by atoms with E-state index in [4.69, 9.17) is 11.6 Å². The van der Waals surface area contributed by atoms with Crippen LogP contribution in [0, 0.1) is 0 Å². The number of halogens is 1. The Labute approximate surface area is 166 Å². The highest BCUT2D eigenvalue weighted by Crippen LogP contribution is 2.33. The van der Waals surface area contributed by atoms with Crippen molar-refractivity contribution in [3.05, 3.63) is 57.4 Å². The first-order valence-electron chi connectivity index (χ1n) is 7.94. The van der Waals surface area contributed by atoms with Gasteiger partial charge in [-0.05, 0) is 23.8 Å². The van der Waals surface area contributed by atoms with E-state index in [2.05, 4.69) is 30.5 Å². The average molecular weight is 427 g/mol. The summed E-state index contributed by atoms with van der Waals surface area (Å²) in [7, 11) is -3.56. The zero-order chi connectivity index (χ0) is 18.9. The van der Waals surface area contributed by atoms with Gasteiger partial charge in [-0.25, -0.2) is 18.1 Å². The Kier molecular flexibility index (Phi) is 5.55. The first kappa shape index (κ1) is 19.5. The molecule has 2 aromatic heterocycles. The Balaban J connectivity index is 1.75. The lowest BCUT2D eigenvalue weighted by atomic mass is 9.93. The highest BCUT2D eigenvalue weighted by Gasteiger charge is 2.21. The smallest absolute Gasteiger partial charge is 0.241 e. The Morgan fingerprint density at radius 2 is 1.81 bits per heavy atom. The minimum Gasteiger partial charge on any atom is -0.241 e. The molecule has 0 bridgehead atoms. The van der Waals surface area contributed by atoms with Crippen molar-refractivity contribution in [3.8, 4) is 10.6 Å². The summed E-state index contributed by atoms with van der Waals surface area (Å²) < 4.78 is 28.0. The SMILES string of the molecule is CC(C)(C)c1csc(-c2csc(S(=O)(=O)NCc3ccc(Cl)cc3)c2)n1. The number of nitrogens with zero attached hydrogens (tertiary/aromatic N) is 1. The molecule has 0 spiro atoms. The summed E-state index contributed by atoms with van der Waals surface area (Å²) in [6.07, 6.45) is 0. The molecule has 8 heteroatoms. The number of sulfonamides is 1. The summed E-state index contributed by atoms with van der Waals surface area (Å²) in [6.45, 7) is 6.54. The lowest BCUT2D eigenvalue weighted by Gasteiger charge is -2.14. The van der Waals surface area contributed by atoms with Crippen LogP contribution in [0.2, 0.25) is 5.02 Å². The number of rotatable bonds is 5. The molecule has 0 aliphatic rings. The van der Waals surface area contributed by atoms with Crippen molar-refractivity contribution in [3.63, 3.8) is 0 Å². The molecule has 1 aromatic carbocycles. The summed E-state index contributed by atoms with van der Waals surface area (Å²) in [4.78, 5) is 4.65. The number of thiazole rings is 1. The summed E-state index contributed by atoms with van der Waals surface area (Å²) in [5, 5.41) is 5.32. The molecule has 4 nitrogen and oxygen atoms in total. The van der Waals surface area contributed by atoms with E-state index in [1.807, 2.05) is 10.8 Å². The molecule has 3 aromatic rings. The molecule has 2 heterocycles. The number of aromatic nitrogens is 1. The summed E-state index contributed by atoms with van der Waals surface area (Å²) in [5.41, 5.74) is 2.67. The third-order valence-corrected chi connectivity index (χ3v) is 7.72. The van der Waals surface area contributed by atoms with Crippen LogP contribution in [-0.4, -0.2) is 13.4 Å². The quantitative estimate of drug-likeness (QED) is 0.602. The van der Waals surface area contributed by atoms with Gasteiger partial charge < -0.3 is 0 Å². The van der Waals surface area contributed by atoms with E-state index in [0.717, 1.165) is 21.8 Å². The maximum atomic E-state index is 12.5. The monoisotopic (exact) mass is 426 g/mol. The Hall–Kier alpha value is -1.25. The predicted molar refractivity (Wildman–Crippen MR) is 110 cm³/mol. The molecular formula is C18H19ClN2O2S3. The normalized spacial score (nSPS) is 12.5. The van der Waals surface area contributed by atoms with E-state index >= 15 is 0 Å². The first-order chi connectivity index (χ1) is 12.1. The first-order valence-corrected chi connectivity index (χ1v) is 11.6. The van der Waals surface area contributed by atoms with Crippen molar-refractivity contribution < 1.29 is 8.42 Å². The average Bonchev–Trinajstić information content (AvgIpc) is 3.23. The molecule has 0 saturated heterocycles. The molecule has 0 radical (unpaired) electrons. The second kappa shape index (κ2) is 7.40. The standard InChI is InChI=1S/C18H19ClN2O2S3/c1-18(2,3)15-11-25-17(21-15)13-8-16(24-10-13)26(22,23)20-9-12-4-6-14(19)7-5-12/h4-8,10-11,20H,9H2,1-3H3. The van der Waals surface area contributed by atoms with Crippen molar-refractivity contribution in [1.29, 1.82) is 0 Å². The number of thiophene rings is 1. The largest absolute Gasteiger partial charge is 0.250 e. The number of hydrogen-bond acceptors (Lipinski definition) is 5. The fraction of sp³-hybridized carbons (Fsp3) is 0.278. The third-order valence-electron chi connectivity index (χ3n) is 3.74. The minimum atomic E-state index is -3.56. The second-order valence-corrected chi connectivity index (χ2v) is 11.1. The van der Waals surface area contributed by atoms with Crippen LogP contribution in [0.1, 0.15) is 32.0 Å². The van der Waals surface area contributed by atoms with E-state index in [1.165, 1.54) is 22.7 Å². The Morgan fingerprint density at radius 1 is 1.12 bits per heavy atom. The highest BCUT2D eigenvalue weighted by molar-refractivity contribution is 7.91. The van der Waals surface area contributed by atoms with Crippen LogP contribution < -0.4 is 4.72 Å². The highest BCUT2D eigenvalue weighted by atomic mass is 35.5. The molecule has 0 aliphatic carbocycles. The van der Waals surface area contributed by atoms with Gasteiger partial charge in [-0.15, -0.1) is 22.7 Å². The molecule has 0 unspecified atom stereocenters. The van der Waals surface area contributed by atoms with Crippen molar-refractivity contribution in [2.24, 2.45) is 0 Å². The summed E-state index contributed by atoms with van der Waals surface area (Å²) in [6, 6.07) is 8.76. The molecule has 0 saturated carbocycles. The van der Waals surface area contributed by atoms with Crippen LogP contribution in [0.15, 0.2) is 45.3 Å². The van der Waals surface area contributed by atoms with Gasteiger partial charge in [-0.2, -0.15) is 0 Å². The molecule has 26 heavy (non-hydrogen) atoms. The van der Waals surface area contributed by atoms with Gasteiger partial charge in [-0.1, -0.05) is 44.5 Å². The molecule has 0 fully saturated rings. The van der Waals surface area contributed by atoms with Crippen molar-refractivity contribution in [2.45, 2.75) is 36.9 Å². The minimum absolute atomic E-state index is 0.0280. The van der Waals surface area contributed by atoms with Gasteiger partial charge in [0, 0.05) is 33.3 Å². The van der Waals surface area contributed by atoms with Crippen LogP contribution in [0.5, 0.6) is 0 Å². The van der Waals surface area contributed by atoms with Gasteiger partial charge in [0.2, 0.25) is 10.0 Å². The summed E-state index contributed by atoms with van der Waals surface area (Å²) in [5.74, 6) is 0. The van der Waals surface area contributed by atoms with Crippen LogP contribution >= 0.6 is 34.3 Å². The fourth-order valence-corrected chi connectivity index (χ4v) is 5.63. The van der Waals surface area contributed by atoms with E-state index in [9.17, 15) is 8.42 Å². The zero-order valence-corrected chi connectivity index (χ0v) is 17.8. The maximum Gasteiger partial charge on any atom is 0.250 e. The molecule has 0 atom stereocenters. The Bertz CT molecular complexity index is 1000. The summed E-state index contributed by atoms with van der Waals surface area (Å²) >= 11 is 8.58. The Morgan fingerprint density at radius 3 is 2.42 bits per heavy atom. The number of hydrogen-bond donors (Lipinski definition) is 1. The van der Waals surface area contributed by atoms with Crippen LogP contribution in [0.3, 0.4) is 0 Å². The van der Waals surface area contributed by atoms with Gasteiger partial charge in [0.1, 0.15) is 9.22 Å². The topological polar surface area (TPSA) is 59.1 Å². The molecule has 1 N–H and O–H groups in total. The molecular weight excluding hydrogens is 408 g/mol. The van der Waals surface area contributed by atoms with E-state index in [-0.39, 0.29) is 16.2 Å².